The molecule has 0 saturated heterocycles. The van der Waals surface area contributed by atoms with Crippen LogP contribution in [0.2, 0.25) is 0 Å². The van der Waals surface area contributed by atoms with Crippen molar-refractivity contribution in [3.8, 4) is 17.0 Å². The Morgan fingerprint density at radius 2 is 2.09 bits per heavy atom. The summed E-state index contributed by atoms with van der Waals surface area (Å²) in [7, 11) is 3.48. The molecule has 0 spiro atoms. The van der Waals surface area contributed by atoms with Gasteiger partial charge in [0, 0.05) is 24.2 Å². The molecule has 5 heteroatoms. The summed E-state index contributed by atoms with van der Waals surface area (Å²) >= 11 is 1.60. The second-order valence-corrected chi connectivity index (χ2v) is 6.31. The number of methoxy groups -OCH3 is 1. The zero-order chi connectivity index (χ0) is 16.1. The van der Waals surface area contributed by atoms with Gasteiger partial charge in [-0.25, -0.2) is 4.68 Å². The number of hydrogen-bond donors (Lipinski definition) is 0. The summed E-state index contributed by atoms with van der Waals surface area (Å²) in [5, 5.41) is 6.82. The van der Waals surface area contributed by atoms with Gasteiger partial charge >= 0.3 is 0 Å². The summed E-state index contributed by atoms with van der Waals surface area (Å²) in [6, 6.07) is 8.04. The SMILES string of the molecule is CN=c1scc(-c2ccc(OC)cc2)n1N=CC1CC=CCC1. The fourth-order valence-corrected chi connectivity index (χ4v) is 3.44. The van der Waals surface area contributed by atoms with E-state index in [1.54, 1.807) is 25.5 Å². The molecule has 1 heterocycles. The number of hydrogen-bond acceptors (Lipinski definition) is 4. The van der Waals surface area contributed by atoms with Crippen LogP contribution in [-0.4, -0.2) is 25.0 Å². The number of rotatable bonds is 4. The van der Waals surface area contributed by atoms with Crippen LogP contribution in [0.15, 0.2) is 51.9 Å². The fraction of sp³-hybridized carbons (Fsp3) is 0.333. The summed E-state index contributed by atoms with van der Waals surface area (Å²) in [6.07, 6.45) is 9.94. The zero-order valence-electron chi connectivity index (χ0n) is 13.5. The van der Waals surface area contributed by atoms with Gasteiger partial charge < -0.3 is 4.74 Å². The van der Waals surface area contributed by atoms with Crippen LogP contribution in [0, 0.1) is 5.92 Å². The minimum absolute atomic E-state index is 0.515. The van der Waals surface area contributed by atoms with Crippen LogP contribution in [0.1, 0.15) is 19.3 Å². The minimum Gasteiger partial charge on any atom is -0.497 e. The first kappa shape index (κ1) is 15.7. The Balaban J connectivity index is 1.93. The molecule has 0 bridgehead atoms. The quantitative estimate of drug-likeness (QED) is 0.619. The molecule has 0 aliphatic heterocycles. The third kappa shape index (κ3) is 3.62. The molecule has 4 nitrogen and oxygen atoms in total. The average Bonchev–Trinajstić information content (AvgIpc) is 3.04. The summed E-state index contributed by atoms with van der Waals surface area (Å²) in [6.45, 7) is 0. The molecule has 1 unspecified atom stereocenters. The smallest absolute Gasteiger partial charge is 0.205 e. The highest BCUT2D eigenvalue weighted by atomic mass is 32.1. The van der Waals surface area contributed by atoms with Crippen LogP contribution in [0.25, 0.3) is 11.3 Å². The average molecular weight is 327 g/mol. The highest BCUT2D eigenvalue weighted by Gasteiger charge is 2.10. The van der Waals surface area contributed by atoms with Crippen LogP contribution >= 0.6 is 11.3 Å². The second kappa shape index (κ2) is 7.42. The lowest BCUT2D eigenvalue weighted by atomic mass is 9.96. The standard InChI is InChI=1S/C18H21N3OS/c1-19-18-21(20-12-14-6-4-3-5-7-14)17(13-23-18)15-8-10-16(22-2)11-9-15/h3-4,8-14H,5-7H2,1-2H3. The maximum Gasteiger partial charge on any atom is 0.205 e. The monoisotopic (exact) mass is 327 g/mol. The van der Waals surface area contributed by atoms with Gasteiger partial charge in [-0.3, -0.25) is 4.99 Å². The highest BCUT2D eigenvalue weighted by Crippen LogP contribution is 2.23. The van der Waals surface area contributed by atoms with Crippen LogP contribution in [0.5, 0.6) is 5.75 Å². The highest BCUT2D eigenvalue weighted by molar-refractivity contribution is 7.07. The Morgan fingerprint density at radius 1 is 1.26 bits per heavy atom. The van der Waals surface area contributed by atoms with Gasteiger partial charge in [0.1, 0.15) is 5.75 Å². The third-order valence-electron chi connectivity index (χ3n) is 3.96. The number of ether oxygens (including phenoxy) is 1. The Morgan fingerprint density at radius 3 is 2.74 bits per heavy atom. The lowest BCUT2D eigenvalue weighted by Gasteiger charge is -2.12. The van der Waals surface area contributed by atoms with Gasteiger partial charge in [-0.05, 0) is 49.4 Å². The van der Waals surface area contributed by atoms with Gasteiger partial charge in [0.2, 0.25) is 4.80 Å². The van der Waals surface area contributed by atoms with Crippen molar-refractivity contribution < 1.29 is 4.74 Å². The van der Waals surface area contributed by atoms with Gasteiger partial charge in [-0.15, -0.1) is 11.3 Å². The topological polar surface area (TPSA) is 38.9 Å². The molecule has 1 aliphatic rings. The number of thiazole rings is 1. The molecule has 23 heavy (non-hydrogen) atoms. The molecule has 0 radical (unpaired) electrons. The van der Waals surface area contributed by atoms with E-state index in [2.05, 4.69) is 40.9 Å². The molecular weight excluding hydrogens is 306 g/mol. The Hall–Kier alpha value is -2.14. The van der Waals surface area contributed by atoms with Crippen LogP contribution in [0.3, 0.4) is 0 Å². The lowest BCUT2D eigenvalue weighted by molar-refractivity contribution is 0.415. The molecule has 1 aromatic heterocycles. The van der Waals surface area contributed by atoms with E-state index in [0.717, 1.165) is 34.6 Å². The third-order valence-corrected chi connectivity index (χ3v) is 4.87. The second-order valence-electron chi connectivity index (χ2n) is 5.48. The lowest BCUT2D eigenvalue weighted by Crippen LogP contribution is -2.13. The Bertz CT molecular complexity index is 768. The molecule has 2 aromatic rings. The number of nitrogens with zero attached hydrogens (tertiary/aromatic N) is 3. The summed E-state index contributed by atoms with van der Waals surface area (Å²) in [5.74, 6) is 1.37. The first-order valence-corrected chi connectivity index (χ1v) is 8.67. The van der Waals surface area contributed by atoms with E-state index in [-0.39, 0.29) is 0 Å². The predicted molar refractivity (Wildman–Crippen MR) is 96.2 cm³/mol. The van der Waals surface area contributed by atoms with Crippen molar-refractivity contribution in [1.29, 1.82) is 0 Å². The minimum atomic E-state index is 0.515. The van der Waals surface area contributed by atoms with Gasteiger partial charge in [0.15, 0.2) is 0 Å². The number of benzene rings is 1. The van der Waals surface area contributed by atoms with E-state index < -0.39 is 0 Å². The fourth-order valence-electron chi connectivity index (χ4n) is 2.64. The number of allylic oxidation sites excluding steroid dienone is 2. The van der Waals surface area contributed by atoms with E-state index in [1.807, 2.05) is 16.8 Å². The van der Waals surface area contributed by atoms with Crippen molar-refractivity contribution in [3.63, 3.8) is 0 Å². The van der Waals surface area contributed by atoms with E-state index >= 15 is 0 Å². The normalized spacial score (nSPS) is 18.7. The molecular formula is C18H21N3OS. The maximum atomic E-state index is 5.23. The summed E-state index contributed by atoms with van der Waals surface area (Å²) in [4.78, 5) is 5.24. The van der Waals surface area contributed by atoms with E-state index in [1.165, 1.54) is 6.42 Å². The van der Waals surface area contributed by atoms with E-state index in [9.17, 15) is 0 Å². The van der Waals surface area contributed by atoms with Gasteiger partial charge in [0.25, 0.3) is 0 Å². The summed E-state index contributed by atoms with van der Waals surface area (Å²) < 4.78 is 7.17. The molecule has 1 aromatic carbocycles. The van der Waals surface area contributed by atoms with Crippen molar-refractivity contribution >= 4 is 17.6 Å². The first-order valence-electron chi connectivity index (χ1n) is 7.79. The van der Waals surface area contributed by atoms with Gasteiger partial charge in [0.05, 0.1) is 12.8 Å². The van der Waals surface area contributed by atoms with Crippen LogP contribution in [-0.2, 0) is 0 Å². The Labute approximate surface area is 140 Å². The Kier molecular flexibility index (Phi) is 5.08. The first-order chi connectivity index (χ1) is 11.3. The van der Waals surface area contributed by atoms with Crippen molar-refractivity contribution in [1.82, 2.24) is 4.68 Å². The molecule has 0 saturated carbocycles. The van der Waals surface area contributed by atoms with E-state index in [0.29, 0.717) is 5.92 Å². The zero-order valence-corrected chi connectivity index (χ0v) is 14.3. The summed E-state index contributed by atoms with van der Waals surface area (Å²) in [5.41, 5.74) is 2.17. The van der Waals surface area contributed by atoms with Gasteiger partial charge in [-0.2, -0.15) is 5.10 Å². The van der Waals surface area contributed by atoms with Crippen LogP contribution < -0.4 is 9.54 Å². The molecule has 0 amide bonds. The molecule has 0 N–H and O–H groups in total. The number of aromatic nitrogens is 1. The van der Waals surface area contributed by atoms with Crippen LogP contribution in [0.4, 0.5) is 0 Å². The molecule has 3 rings (SSSR count). The van der Waals surface area contributed by atoms with Crippen molar-refractivity contribution in [2.24, 2.45) is 16.0 Å². The molecule has 0 fully saturated rings. The maximum absolute atomic E-state index is 5.23. The van der Waals surface area contributed by atoms with Crippen molar-refractivity contribution in [3.05, 3.63) is 46.6 Å². The largest absolute Gasteiger partial charge is 0.497 e. The van der Waals surface area contributed by atoms with Gasteiger partial charge in [-0.1, -0.05) is 12.2 Å². The molecule has 1 atom stereocenters. The van der Waals surface area contributed by atoms with Crippen molar-refractivity contribution in [2.75, 3.05) is 14.2 Å². The molecule has 120 valence electrons. The molecule has 1 aliphatic carbocycles. The predicted octanol–water partition coefficient (Wildman–Crippen LogP) is 3.95. The van der Waals surface area contributed by atoms with E-state index in [4.69, 9.17) is 9.84 Å². The van der Waals surface area contributed by atoms with Crippen molar-refractivity contribution in [2.45, 2.75) is 19.3 Å².